The number of nitro groups is 1. The van der Waals surface area contributed by atoms with E-state index < -0.39 is 39.8 Å². The molecular weight excluding hydrogens is 339 g/mol. The van der Waals surface area contributed by atoms with Crippen LogP contribution in [0.1, 0.15) is 0 Å². The van der Waals surface area contributed by atoms with E-state index in [0.29, 0.717) is 6.07 Å². The number of benzene rings is 2. The third-order valence-corrected chi connectivity index (χ3v) is 3.00. The summed E-state index contributed by atoms with van der Waals surface area (Å²) in [5, 5.41) is 14.7. The minimum Gasteiger partial charge on any atom is -0.307 e. The maximum absolute atomic E-state index is 13.4. The zero-order valence-corrected chi connectivity index (χ0v) is 11.8. The van der Waals surface area contributed by atoms with Crippen LogP contribution in [0.25, 0.3) is 0 Å². The summed E-state index contributed by atoms with van der Waals surface area (Å²) in [6.07, 6.45) is 0. The number of hydrogen-bond donors (Lipinski definition) is 2. The maximum atomic E-state index is 13.4. The van der Waals surface area contributed by atoms with Gasteiger partial charge in [0.05, 0.1) is 10.6 Å². The number of amides is 2. The molecule has 0 bridgehead atoms. The minimum atomic E-state index is -1.73. The summed E-state index contributed by atoms with van der Waals surface area (Å²) in [6.45, 7) is 0. The van der Waals surface area contributed by atoms with Crippen LogP contribution in [0.4, 0.5) is 35.0 Å². The molecular formula is C13H7ClF3N3O3. The highest BCUT2D eigenvalue weighted by Crippen LogP contribution is 2.27. The SMILES string of the molecule is O=C(Nc1ccc(Cl)c([N+](=O)[O-])c1)Nc1ccc(F)c(F)c1F. The Kier molecular flexibility index (Phi) is 4.70. The lowest BCUT2D eigenvalue weighted by Crippen LogP contribution is -2.20. The zero-order valence-electron chi connectivity index (χ0n) is 11.1. The molecule has 0 aliphatic carbocycles. The lowest BCUT2D eigenvalue weighted by atomic mass is 10.2. The highest BCUT2D eigenvalue weighted by Gasteiger charge is 2.17. The summed E-state index contributed by atoms with van der Waals surface area (Å²) in [6, 6.07) is 3.92. The van der Waals surface area contributed by atoms with Crippen LogP contribution in [0.3, 0.4) is 0 Å². The first-order chi connectivity index (χ1) is 10.8. The number of anilines is 2. The van der Waals surface area contributed by atoms with Crippen molar-refractivity contribution in [2.75, 3.05) is 10.6 Å². The Bertz CT molecular complexity index is 802. The van der Waals surface area contributed by atoms with Gasteiger partial charge in [-0.1, -0.05) is 11.6 Å². The first kappa shape index (κ1) is 16.6. The highest BCUT2D eigenvalue weighted by atomic mass is 35.5. The molecule has 6 nitrogen and oxygen atoms in total. The molecule has 0 saturated carbocycles. The third-order valence-electron chi connectivity index (χ3n) is 2.68. The summed E-state index contributed by atoms with van der Waals surface area (Å²) in [4.78, 5) is 21.7. The predicted molar refractivity (Wildman–Crippen MR) is 77.1 cm³/mol. The van der Waals surface area contributed by atoms with Crippen LogP contribution in [0.15, 0.2) is 30.3 Å². The smallest absolute Gasteiger partial charge is 0.307 e. The molecule has 2 aromatic carbocycles. The maximum Gasteiger partial charge on any atom is 0.323 e. The topological polar surface area (TPSA) is 84.3 Å². The van der Waals surface area contributed by atoms with Crippen molar-refractivity contribution < 1.29 is 22.9 Å². The van der Waals surface area contributed by atoms with Gasteiger partial charge in [0.15, 0.2) is 17.5 Å². The Hall–Kier alpha value is -2.81. The van der Waals surface area contributed by atoms with Gasteiger partial charge in [-0.05, 0) is 24.3 Å². The number of carbonyl (C=O) groups is 1. The summed E-state index contributed by atoms with van der Waals surface area (Å²) >= 11 is 5.61. The van der Waals surface area contributed by atoms with Gasteiger partial charge in [-0.25, -0.2) is 18.0 Å². The molecule has 0 unspecified atom stereocenters. The highest BCUT2D eigenvalue weighted by molar-refractivity contribution is 6.32. The molecule has 2 N–H and O–H groups in total. The van der Waals surface area contributed by atoms with E-state index in [-0.39, 0.29) is 10.7 Å². The lowest BCUT2D eigenvalue weighted by Gasteiger charge is -2.09. The second-order valence-corrected chi connectivity index (χ2v) is 4.63. The number of nitro benzene ring substituents is 1. The van der Waals surface area contributed by atoms with Crippen LogP contribution in [-0.4, -0.2) is 11.0 Å². The van der Waals surface area contributed by atoms with E-state index in [9.17, 15) is 28.1 Å². The fourth-order valence-electron chi connectivity index (χ4n) is 1.64. The molecule has 120 valence electrons. The normalized spacial score (nSPS) is 10.3. The first-order valence-corrected chi connectivity index (χ1v) is 6.33. The van der Waals surface area contributed by atoms with Crippen molar-refractivity contribution in [2.45, 2.75) is 0 Å². The Labute approximate surface area is 132 Å². The quantitative estimate of drug-likeness (QED) is 0.494. The van der Waals surface area contributed by atoms with Gasteiger partial charge in [0.1, 0.15) is 5.02 Å². The van der Waals surface area contributed by atoms with Crippen LogP contribution >= 0.6 is 11.6 Å². The largest absolute Gasteiger partial charge is 0.323 e. The Balaban J connectivity index is 2.16. The van der Waals surface area contributed by atoms with E-state index in [2.05, 4.69) is 5.32 Å². The second kappa shape index (κ2) is 6.53. The van der Waals surface area contributed by atoms with Crippen molar-refractivity contribution in [3.05, 3.63) is 62.9 Å². The van der Waals surface area contributed by atoms with Crippen molar-refractivity contribution in [2.24, 2.45) is 0 Å². The van der Waals surface area contributed by atoms with Crippen molar-refractivity contribution >= 4 is 34.7 Å². The molecule has 0 saturated heterocycles. The molecule has 0 heterocycles. The van der Waals surface area contributed by atoms with Crippen LogP contribution in [-0.2, 0) is 0 Å². The number of halogens is 4. The molecule has 2 amide bonds. The fraction of sp³-hybridized carbons (Fsp3) is 0. The summed E-state index contributed by atoms with van der Waals surface area (Å²) in [7, 11) is 0. The number of carbonyl (C=O) groups excluding carboxylic acids is 1. The standard InChI is InChI=1S/C13H7ClF3N3O3/c14-7-2-1-6(5-10(7)20(22)23)18-13(21)19-9-4-3-8(15)11(16)12(9)17/h1-5H,(H2,18,19,21). The molecule has 0 aliphatic heterocycles. The Morgan fingerprint density at radius 3 is 2.43 bits per heavy atom. The van der Waals surface area contributed by atoms with E-state index in [0.717, 1.165) is 12.1 Å². The van der Waals surface area contributed by atoms with Gasteiger partial charge >= 0.3 is 6.03 Å². The van der Waals surface area contributed by atoms with Gasteiger partial charge in [-0.3, -0.25) is 10.1 Å². The predicted octanol–water partition coefficient (Wildman–Crippen LogP) is 4.31. The van der Waals surface area contributed by atoms with Crippen molar-refractivity contribution in [3.63, 3.8) is 0 Å². The fourth-order valence-corrected chi connectivity index (χ4v) is 1.82. The molecule has 0 aliphatic rings. The minimum absolute atomic E-state index is 0.00147. The number of nitrogens with zero attached hydrogens (tertiary/aromatic N) is 1. The van der Waals surface area contributed by atoms with Crippen LogP contribution in [0, 0.1) is 27.6 Å². The molecule has 0 atom stereocenters. The third kappa shape index (κ3) is 3.69. The van der Waals surface area contributed by atoms with Crippen molar-refractivity contribution in [3.8, 4) is 0 Å². The Morgan fingerprint density at radius 1 is 1.09 bits per heavy atom. The second-order valence-electron chi connectivity index (χ2n) is 4.23. The zero-order chi connectivity index (χ0) is 17.1. The van der Waals surface area contributed by atoms with E-state index in [4.69, 9.17) is 11.6 Å². The average Bonchev–Trinajstić information content (AvgIpc) is 2.49. The van der Waals surface area contributed by atoms with Crippen LogP contribution in [0.5, 0.6) is 0 Å². The number of urea groups is 1. The first-order valence-electron chi connectivity index (χ1n) is 5.95. The van der Waals surface area contributed by atoms with E-state index in [1.165, 1.54) is 12.1 Å². The molecule has 2 aromatic rings. The molecule has 10 heteroatoms. The van der Waals surface area contributed by atoms with Crippen LogP contribution < -0.4 is 10.6 Å². The van der Waals surface area contributed by atoms with E-state index >= 15 is 0 Å². The average molecular weight is 346 g/mol. The van der Waals surface area contributed by atoms with E-state index in [1.807, 2.05) is 5.32 Å². The van der Waals surface area contributed by atoms with Gasteiger partial charge in [0, 0.05) is 11.8 Å². The number of nitrogens with one attached hydrogen (secondary N) is 2. The van der Waals surface area contributed by atoms with Crippen molar-refractivity contribution in [1.29, 1.82) is 0 Å². The van der Waals surface area contributed by atoms with Gasteiger partial charge in [-0.15, -0.1) is 0 Å². The van der Waals surface area contributed by atoms with Gasteiger partial charge < -0.3 is 10.6 Å². The molecule has 0 fully saturated rings. The van der Waals surface area contributed by atoms with E-state index in [1.54, 1.807) is 0 Å². The van der Waals surface area contributed by atoms with Gasteiger partial charge in [0.25, 0.3) is 5.69 Å². The number of hydrogen-bond acceptors (Lipinski definition) is 3. The molecule has 23 heavy (non-hydrogen) atoms. The molecule has 0 radical (unpaired) electrons. The molecule has 2 rings (SSSR count). The molecule has 0 aromatic heterocycles. The van der Waals surface area contributed by atoms with Gasteiger partial charge in [-0.2, -0.15) is 0 Å². The summed E-state index contributed by atoms with van der Waals surface area (Å²) < 4.78 is 39.2. The summed E-state index contributed by atoms with van der Waals surface area (Å²) in [5.41, 5.74) is -1.03. The number of rotatable bonds is 3. The van der Waals surface area contributed by atoms with Gasteiger partial charge in [0.2, 0.25) is 0 Å². The summed E-state index contributed by atoms with van der Waals surface area (Å²) in [5.74, 6) is -4.70. The van der Waals surface area contributed by atoms with Crippen LogP contribution in [0.2, 0.25) is 5.02 Å². The molecule has 0 spiro atoms. The monoisotopic (exact) mass is 345 g/mol. The lowest BCUT2D eigenvalue weighted by molar-refractivity contribution is -0.384. The van der Waals surface area contributed by atoms with Crippen molar-refractivity contribution in [1.82, 2.24) is 0 Å². The Morgan fingerprint density at radius 2 is 1.78 bits per heavy atom.